The van der Waals surface area contributed by atoms with Gasteiger partial charge in [0.25, 0.3) is 0 Å². The predicted octanol–water partition coefficient (Wildman–Crippen LogP) is 2.44. The Hall–Kier alpha value is -1.00. The second kappa shape index (κ2) is 5.56. The largest absolute Gasteiger partial charge is 0.390 e. The summed E-state index contributed by atoms with van der Waals surface area (Å²) >= 11 is 0. The third-order valence-electron chi connectivity index (χ3n) is 3.12. The first kappa shape index (κ1) is 12.5. The molecule has 1 heterocycles. The van der Waals surface area contributed by atoms with Crippen LogP contribution in [0.4, 0.5) is 8.78 Å². The molecule has 0 bridgehead atoms. The number of hydrogen-bond donors (Lipinski definition) is 1. The van der Waals surface area contributed by atoms with Gasteiger partial charge in [0.2, 0.25) is 0 Å². The van der Waals surface area contributed by atoms with Crippen molar-refractivity contribution in [3.05, 3.63) is 35.4 Å². The maximum atomic E-state index is 13.4. The number of ether oxygens (including phenoxy) is 1. The van der Waals surface area contributed by atoms with E-state index in [0.717, 1.165) is 19.3 Å². The van der Waals surface area contributed by atoms with Gasteiger partial charge in [0.05, 0.1) is 12.2 Å². The highest BCUT2D eigenvalue weighted by Gasteiger charge is 2.24. The molecule has 0 aromatic heterocycles. The van der Waals surface area contributed by atoms with Gasteiger partial charge in [-0.25, -0.2) is 8.78 Å². The number of halogens is 2. The molecule has 17 heavy (non-hydrogen) atoms. The highest BCUT2D eigenvalue weighted by molar-refractivity contribution is 5.20. The van der Waals surface area contributed by atoms with E-state index in [-0.39, 0.29) is 18.1 Å². The number of hydrogen-bond acceptors (Lipinski definition) is 2. The first-order valence-corrected chi connectivity index (χ1v) is 5.91. The molecule has 1 aliphatic rings. The summed E-state index contributed by atoms with van der Waals surface area (Å²) in [6.45, 7) is 0.613. The van der Waals surface area contributed by atoms with E-state index in [0.29, 0.717) is 6.61 Å². The lowest BCUT2D eigenvalue weighted by Crippen LogP contribution is -2.34. The minimum Gasteiger partial charge on any atom is -0.390 e. The van der Waals surface area contributed by atoms with Crippen LogP contribution < -0.4 is 0 Å². The van der Waals surface area contributed by atoms with E-state index in [1.165, 1.54) is 18.2 Å². The summed E-state index contributed by atoms with van der Waals surface area (Å²) in [5.41, 5.74) is -0.0610. The zero-order valence-corrected chi connectivity index (χ0v) is 9.53. The van der Waals surface area contributed by atoms with Crippen molar-refractivity contribution >= 4 is 0 Å². The van der Waals surface area contributed by atoms with Crippen molar-refractivity contribution in [3.8, 4) is 0 Å². The highest BCUT2D eigenvalue weighted by atomic mass is 19.1. The number of rotatable bonds is 3. The molecular formula is C13H16F2O2. The third-order valence-corrected chi connectivity index (χ3v) is 3.12. The average Bonchev–Trinajstić information content (AvgIpc) is 2.35. The highest BCUT2D eigenvalue weighted by Crippen LogP contribution is 2.21. The maximum Gasteiger partial charge on any atom is 0.129 e. The molecule has 0 saturated carbocycles. The first-order chi connectivity index (χ1) is 8.18. The molecule has 1 saturated heterocycles. The molecule has 0 radical (unpaired) electrons. The topological polar surface area (TPSA) is 29.5 Å². The lowest BCUT2D eigenvalue weighted by molar-refractivity contribution is -0.0615. The van der Waals surface area contributed by atoms with Crippen molar-refractivity contribution < 1.29 is 18.6 Å². The second-order valence-electron chi connectivity index (χ2n) is 4.38. The summed E-state index contributed by atoms with van der Waals surface area (Å²) in [4.78, 5) is 0. The van der Waals surface area contributed by atoms with Crippen molar-refractivity contribution in [1.82, 2.24) is 0 Å². The molecule has 1 aliphatic heterocycles. The Kier molecular flexibility index (Phi) is 4.07. The summed E-state index contributed by atoms with van der Waals surface area (Å²) in [6, 6.07) is 3.72. The van der Waals surface area contributed by atoms with Crippen LogP contribution in [0.5, 0.6) is 0 Å². The molecule has 0 spiro atoms. The summed E-state index contributed by atoms with van der Waals surface area (Å²) in [5, 5.41) is 9.92. The average molecular weight is 242 g/mol. The molecule has 0 amide bonds. The van der Waals surface area contributed by atoms with Crippen LogP contribution in [0, 0.1) is 11.6 Å². The normalized spacial score (nSPS) is 22.4. The van der Waals surface area contributed by atoms with E-state index in [1.807, 2.05) is 0 Å². The Morgan fingerprint density at radius 3 is 2.59 bits per heavy atom. The van der Waals surface area contributed by atoms with E-state index in [4.69, 9.17) is 4.74 Å². The van der Waals surface area contributed by atoms with Crippen LogP contribution in [0.25, 0.3) is 0 Å². The van der Waals surface area contributed by atoms with Crippen LogP contribution in [0.1, 0.15) is 24.8 Å². The predicted molar refractivity (Wildman–Crippen MR) is 59.7 cm³/mol. The molecule has 1 fully saturated rings. The van der Waals surface area contributed by atoms with E-state index in [9.17, 15) is 13.9 Å². The summed E-state index contributed by atoms with van der Waals surface area (Å²) in [7, 11) is 0. The van der Waals surface area contributed by atoms with Crippen LogP contribution in [0.15, 0.2) is 18.2 Å². The Balaban J connectivity index is 2.04. The van der Waals surface area contributed by atoms with Crippen molar-refractivity contribution in [2.75, 3.05) is 6.61 Å². The molecule has 0 aliphatic carbocycles. The van der Waals surface area contributed by atoms with Crippen molar-refractivity contribution in [2.45, 2.75) is 37.9 Å². The van der Waals surface area contributed by atoms with Gasteiger partial charge in [0.1, 0.15) is 11.6 Å². The fraction of sp³-hybridized carbons (Fsp3) is 0.538. The van der Waals surface area contributed by atoms with Gasteiger partial charge in [0.15, 0.2) is 0 Å². The second-order valence-corrected chi connectivity index (χ2v) is 4.38. The lowest BCUT2D eigenvalue weighted by atomic mass is 9.98. The van der Waals surface area contributed by atoms with Crippen LogP contribution in [0.3, 0.4) is 0 Å². The quantitative estimate of drug-likeness (QED) is 0.882. The van der Waals surface area contributed by atoms with Gasteiger partial charge in [-0.2, -0.15) is 0 Å². The minimum absolute atomic E-state index is 0.0385. The maximum absolute atomic E-state index is 13.4. The summed E-state index contributed by atoms with van der Waals surface area (Å²) in [5.74, 6) is -1.22. The fourth-order valence-corrected chi connectivity index (χ4v) is 2.14. The van der Waals surface area contributed by atoms with Crippen molar-refractivity contribution in [1.29, 1.82) is 0 Å². The van der Waals surface area contributed by atoms with Gasteiger partial charge in [-0.15, -0.1) is 0 Å². The molecular weight excluding hydrogens is 226 g/mol. The molecule has 94 valence electrons. The Morgan fingerprint density at radius 2 is 2.00 bits per heavy atom. The molecule has 1 aromatic rings. The fourth-order valence-electron chi connectivity index (χ4n) is 2.14. The molecule has 1 aromatic carbocycles. The monoisotopic (exact) mass is 242 g/mol. The van der Waals surface area contributed by atoms with Crippen LogP contribution in [0.2, 0.25) is 0 Å². The van der Waals surface area contributed by atoms with Crippen LogP contribution >= 0.6 is 0 Å². The van der Waals surface area contributed by atoms with Gasteiger partial charge in [-0.05, 0) is 31.4 Å². The number of aliphatic hydroxyl groups excluding tert-OH is 1. The third kappa shape index (κ3) is 3.01. The molecule has 1 N–H and O–H groups in total. The van der Waals surface area contributed by atoms with Gasteiger partial charge in [-0.3, -0.25) is 0 Å². The van der Waals surface area contributed by atoms with Gasteiger partial charge in [0, 0.05) is 18.6 Å². The lowest BCUT2D eigenvalue weighted by Gasteiger charge is -2.27. The number of aliphatic hydroxyl groups is 1. The van der Waals surface area contributed by atoms with Crippen molar-refractivity contribution in [2.24, 2.45) is 0 Å². The standard InChI is InChI=1S/C13H16F2O2/c14-10-4-3-5-11(15)9(10)8-12(16)13-6-1-2-7-17-13/h3-5,12-13,16H,1-2,6-8H2. The summed E-state index contributed by atoms with van der Waals surface area (Å²) in [6.07, 6.45) is 1.53. The molecule has 2 unspecified atom stereocenters. The minimum atomic E-state index is -0.846. The van der Waals surface area contributed by atoms with E-state index in [1.54, 1.807) is 0 Å². The molecule has 2 atom stereocenters. The van der Waals surface area contributed by atoms with E-state index < -0.39 is 17.7 Å². The molecule has 4 heteroatoms. The van der Waals surface area contributed by atoms with E-state index >= 15 is 0 Å². The number of benzene rings is 1. The Morgan fingerprint density at radius 1 is 1.29 bits per heavy atom. The molecule has 2 nitrogen and oxygen atoms in total. The Labute approximate surface area is 99.2 Å². The zero-order chi connectivity index (χ0) is 12.3. The summed E-state index contributed by atoms with van der Waals surface area (Å²) < 4.78 is 32.2. The smallest absolute Gasteiger partial charge is 0.129 e. The van der Waals surface area contributed by atoms with Crippen molar-refractivity contribution in [3.63, 3.8) is 0 Å². The zero-order valence-electron chi connectivity index (χ0n) is 9.53. The van der Waals surface area contributed by atoms with Gasteiger partial charge >= 0.3 is 0 Å². The molecule has 2 rings (SSSR count). The van der Waals surface area contributed by atoms with Gasteiger partial charge < -0.3 is 9.84 Å². The van der Waals surface area contributed by atoms with E-state index in [2.05, 4.69) is 0 Å². The van der Waals surface area contributed by atoms with Crippen LogP contribution in [-0.4, -0.2) is 23.9 Å². The first-order valence-electron chi connectivity index (χ1n) is 5.91. The Bertz CT molecular complexity index is 355. The SMILES string of the molecule is OC(Cc1c(F)cccc1F)C1CCCCO1. The van der Waals surface area contributed by atoms with Gasteiger partial charge in [-0.1, -0.05) is 6.07 Å². The van der Waals surface area contributed by atoms with Crippen LogP contribution in [-0.2, 0) is 11.2 Å².